The average Bonchev–Trinajstić information content (AvgIpc) is 2.74. The highest BCUT2D eigenvalue weighted by molar-refractivity contribution is 6.30. The maximum Gasteiger partial charge on any atom is 0.335 e. The molecule has 11 nitrogen and oxygen atoms in total. The molecular formula is C19H11ClF2N4O7. The molecule has 14 heteroatoms. The van der Waals surface area contributed by atoms with Crippen molar-refractivity contribution in [2.45, 2.75) is 0 Å². The Morgan fingerprint density at radius 2 is 1.42 bits per heavy atom. The fraction of sp³-hybridized carbons (Fsp3) is 0. The first-order valence-electron chi connectivity index (χ1n) is 8.53. The van der Waals surface area contributed by atoms with Crippen molar-refractivity contribution in [1.82, 2.24) is 4.98 Å². The van der Waals surface area contributed by atoms with E-state index in [1.165, 1.54) is 18.3 Å². The van der Waals surface area contributed by atoms with Crippen molar-refractivity contribution in [3.05, 3.63) is 103 Å². The maximum absolute atomic E-state index is 13.2. The number of amides is 1. The lowest BCUT2D eigenvalue weighted by atomic mass is 10.2. The molecule has 0 atom stereocenters. The van der Waals surface area contributed by atoms with E-state index >= 15 is 0 Å². The summed E-state index contributed by atoms with van der Waals surface area (Å²) in [7, 11) is 0. The highest BCUT2D eigenvalue weighted by Gasteiger charge is 2.18. The van der Waals surface area contributed by atoms with Gasteiger partial charge in [-0.15, -0.1) is 0 Å². The number of nitro benzene ring substituents is 2. The van der Waals surface area contributed by atoms with Crippen molar-refractivity contribution in [3.8, 4) is 0 Å². The lowest BCUT2D eigenvalue weighted by Crippen LogP contribution is -2.13. The van der Waals surface area contributed by atoms with Gasteiger partial charge < -0.3 is 10.4 Å². The number of halogens is 3. The number of nitro groups is 2. The Balaban J connectivity index is 0.000000257. The number of aromatic carboxylic acids is 1. The number of pyridine rings is 1. The molecule has 0 radical (unpaired) electrons. The number of carbonyl (C=O) groups is 2. The Morgan fingerprint density at radius 3 is 1.91 bits per heavy atom. The number of nitrogens with zero attached hydrogens (tertiary/aromatic N) is 3. The Morgan fingerprint density at radius 1 is 0.909 bits per heavy atom. The van der Waals surface area contributed by atoms with Gasteiger partial charge in [-0.1, -0.05) is 11.6 Å². The van der Waals surface area contributed by atoms with Crippen molar-refractivity contribution in [3.63, 3.8) is 0 Å². The average molecular weight is 481 g/mol. The van der Waals surface area contributed by atoms with Crippen molar-refractivity contribution >= 4 is 40.7 Å². The number of nitrogens with one attached hydrogen (secondary N) is 1. The van der Waals surface area contributed by atoms with E-state index in [0.29, 0.717) is 11.1 Å². The molecule has 0 fully saturated rings. The highest BCUT2D eigenvalue weighted by Crippen LogP contribution is 2.20. The maximum atomic E-state index is 13.2. The lowest BCUT2D eigenvalue weighted by Gasteiger charge is -2.04. The second-order valence-corrected chi connectivity index (χ2v) is 6.40. The molecule has 2 N–H and O–H groups in total. The van der Waals surface area contributed by atoms with E-state index in [0.717, 1.165) is 30.3 Å². The molecule has 0 unspecified atom stereocenters. The van der Waals surface area contributed by atoms with E-state index < -0.39 is 44.7 Å². The molecule has 0 bridgehead atoms. The van der Waals surface area contributed by atoms with Gasteiger partial charge in [-0.25, -0.2) is 9.78 Å². The third-order valence-corrected chi connectivity index (χ3v) is 3.99. The summed E-state index contributed by atoms with van der Waals surface area (Å²) in [6.45, 7) is 0. The van der Waals surface area contributed by atoms with Crippen LogP contribution in [-0.4, -0.2) is 31.8 Å². The Kier molecular flexibility index (Phi) is 8.01. The Labute approximate surface area is 187 Å². The van der Waals surface area contributed by atoms with E-state index in [9.17, 15) is 38.6 Å². The van der Waals surface area contributed by atoms with Crippen LogP contribution in [-0.2, 0) is 0 Å². The smallest absolute Gasteiger partial charge is 0.335 e. The summed E-state index contributed by atoms with van der Waals surface area (Å²) in [5.41, 5.74) is -1.97. The van der Waals surface area contributed by atoms with Crippen LogP contribution in [0.2, 0.25) is 5.02 Å². The first-order valence-corrected chi connectivity index (χ1v) is 8.91. The molecular weight excluding hydrogens is 470 g/mol. The molecule has 1 heterocycles. The molecule has 33 heavy (non-hydrogen) atoms. The predicted octanol–water partition coefficient (Wildman–Crippen LogP) is 4.47. The number of carboxylic acid groups (broad SMARTS) is 1. The summed E-state index contributed by atoms with van der Waals surface area (Å²) in [6.07, 6.45) is 1.39. The third kappa shape index (κ3) is 6.73. The normalized spacial score (nSPS) is 9.91. The number of hydrogen-bond donors (Lipinski definition) is 2. The highest BCUT2D eigenvalue weighted by atomic mass is 35.5. The number of rotatable bonds is 5. The minimum atomic E-state index is -1.33. The van der Waals surface area contributed by atoms with Gasteiger partial charge in [-0.3, -0.25) is 25.0 Å². The van der Waals surface area contributed by atoms with Crippen LogP contribution >= 0.6 is 11.6 Å². The van der Waals surface area contributed by atoms with Gasteiger partial charge in [0.25, 0.3) is 5.91 Å². The summed E-state index contributed by atoms with van der Waals surface area (Å²) in [4.78, 5) is 45.0. The zero-order valence-electron chi connectivity index (χ0n) is 16.1. The fourth-order valence-corrected chi connectivity index (χ4v) is 2.40. The van der Waals surface area contributed by atoms with Crippen LogP contribution in [0.4, 0.5) is 26.0 Å². The zero-order chi connectivity index (χ0) is 24.7. The number of anilines is 1. The monoisotopic (exact) mass is 480 g/mol. The third-order valence-electron chi connectivity index (χ3n) is 3.76. The quantitative estimate of drug-likeness (QED) is 0.398. The zero-order valence-corrected chi connectivity index (χ0v) is 16.8. The van der Waals surface area contributed by atoms with Gasteiger partial charge in [0.1, 0.15) is 5.82 Å². The Bertz CT molecular complexity index is 1260. The second kappa shape index (κ2) is 10.7. The summed E-state index contributed by atoms with van der Waals surface area (Å²) >= 11 is 5.73. The van der Waals surface area contributed by atoms with E-state index in [4.69, 9.17) is 16.7 Å². The number of benzene rings is 2. The van der Waals surface area contributed by atoms with E-state index in [1.54, 1.807) is 0 Å². The van der Waals surface area contributed by atoms with Crippen LogP contribution < -0.4 is 5.32 Å². The summed E-state index contributed by atoms with van der Waals surface area (Å²) in [5.74, 6) is -3.84. The molecule has 0 spiro atoms. The molecule has 2 aromatic carbocycles. The molecule has 0 aliphatic heterocycles. The van der Waals surface area contributed by atoms with Crippen LogP contribution in [0.3, 0.4) is 0 Å². The van der Waals surface area contributed by atoms with Crippen molar-refractivity contribution < 1.29 is 33.3 Å². The molecule has 0 saturated heterocycles. The largest absolute Gasteiger partial charge is 0.478 e. The minimum absolute atomic E-state index is 0.0557. The van der Waals surface area contributed by atoms with Crippen molar-refractivity contribution in [2.24, 2.45) is 0 Å². The van der Waals surface area contributed by atoms with Gasteiger partial charge in [0.05, 0.1) is 15.4 Å². The van der Waals surface area contributed by atoms with E-state index in [1.807, 2.05) is 0 Å². The van der Waals surface area contributed by atoms with Gasteiger partial charge in [0.15, 0.2) is 0 Å². The van der Waals surface area contributed by atoms with E-state index in [-0.39, 0.29) is 16.9 Å². The first kappa shape index (κ1) is 24.7. The summed E-state index contributed by atoms with van der Waals surface area (Å²) in [5, 5.41) is 32.0. The molecule has 1 aromatic heterocycles. The number of carbonyl (C=O) groups excluding carboxylic acids is 1. The van der Waals surface area contributed by atoms with Crippen LogP contribution in [0.5, 0.6) is 0 Å². The molecule has 170 valence electrons. The topological polar surface area (TPSA) is 166 Å². The van der Waals surface area contributed by atoms with Gasteiger partial charge in [-0.05, 0) is 36.4 Å². The molecule has 0 saturated carbocycles. The first-order chi connectivity index (χ1) is 15.5. The van der Waals surface area contributed by atoms with Gasteiger partial charge >= 0.3 is 17.3 Å². The second-order valence-electron chi connectivity index (χ2n) is 5.97. The summed E-state index contributed by atoms with van der Waals surface area (Å²) < 4.78 is 25.8. The molecule has 3 rings (SSSR count). The molecule has 3 aromatic rings. The van der Waals surface area contributed by atoms with Crippen LogP contribution in [0, 0.1) is 31.9 Å². The lowest BCUT2D eigenvalue weighted by molar-refractivity contribution is -0.387. The van der Waals surface area contributed by atoms with Crippen LogP contribution in [0.25, 0.3) is 0 Å². The van der Waals surface area contributed by atoms with Crippen molar-refractivity contribution in [1.29, 1.82) is 0 Å². The van der Waals surface area contributed by atoms with Crippen molar-refractivity contribution in [2.75, 3.05) is 5.32 Å². The van der Waals surface area contributed by atoms with Crippen LogP contribution in [0.15, 0.2) is 54.7 Å². The standard InChI is InChI=1S/C12H7ClFN3O3.C7H4FNO4/c13-8-3-4-15-11(6-8)16-12(18)7-1-2-9(14)10(5-7)17(19)20;8-5-2-1-4(7(10)11)3-6(5)9(12)13/h1-6H,(H,15,16,18);1-3H,(H,10,11). The summed E-state index contributed by atoms with van der Waals surface area (Å²) in [6, 6.07) is 8.19. The SMILES string of the molecule is O=C(Nc1cc(Cl)ccn1)c1ccc(F)c([N+](=O)[O-])c1.O=C(O)c1ccc(F)c([N+](=O)[O-])c1. The minimum Gasteiger partial charge on any atom is -0.478 e. The fourth-order valence-electron chi connectivity index (χ4n) is 2.24. The number of aromatic nitrogens is 1. The van der Waals surface area contributed by atoms with Gasteiger partial charge in [-0.2, -0.15) is 8.78 Å². The van der Waals surface area contributed by atoms with E-state index in [2.05, 4.69) is 10.3 Å². The molecule has 0 aliphatic carbocycles. The number of hydrogen-bond acceptors (Lipinski definition) is 7. The van der Waals surface area contributed by atoms with Crippen LogP contribution in [0.1, 0.15) is 20.7 Å². The molecule has 0 aliphatic rings. The molecule has 1 amide bonds. The Hall–Kier alpha value is -4.52. The number of carboxylic acids is 1. The predicted molar refractivity (Wildman–Crippen MR) is 110 cm³/mol. The van der Waals surface area contributed by atoms with Gasteiger partial charge in [0.2, 0.25) is 11.6 Å². The van der Waals surface area contributed by atoms with Gasteiger partial charge in [0, 0.05) is 28.9 Å².